The van der Waals surface area contributed by atoms with Gasteiger partial charge in [0.25, 0.3) is 0 Å². The largest absolute Gasteiger partial charge is 0.436 e. The molecule has 5 nitrogen and oxygen atoms in total. The Bertz CT molecular complexity index is 1470. The molecule has 0 spiro atoms. The summed E-state index contributed by atoms with van der Waals surface area (Å²) in [5, 5.41) is 4.35. The summed E-state index contributed by atoms with van der Waals surface area (Å²) in [4.78, 5) is 14.8. The first-order chi connectivity index (χ1) is 16.3. The lowest BCUT2D eigenvalue weighted by Gasteiger charge is -2.23. The van der Waals surface area contributed by atoms with Crippen LogP contribution in [0.1, 0.15) is 30.1 Å². The number of nitrogens with zero attached hydrogens (tertiary/aromatic N) is 3. The summed E-state index contributed by atoms with van der Waals surface area (Å²) in [6.07, 6.45) is 3.51. The van der Waals surface area contributed by atoms with Crippen LogP contribution < -0.4 is 16.1 Å². The first kappa shape index (κ1) is 19.4. The summed E-state index contributed by atoms with van der Waals surface area (Å²) in [6, 6.07) is 30.4. The lowest BCUT2D eigenvalue weighted by atomic mass is 10.0. The third kappa shape index (κ3) is 3.78. The Morgan fingerprint density at radius 3 is 2.09 bits per heavy atom. The Morgan fingerprint density at radius 2 is 1.36 bits per heavy atom. The van der Waals surface area contributed by atoms with Gasteiger partial charge in [-0.15, -0.1) is 0 Å². The Balaban J connectivity index is 1.49. The fourth-order valence-corrected chi connectivity index (χ4v) is 4.21. The van der Waals surface area contributed by atoms with E-state index < -0.39 is 0 Å². The highest BCUT2D eigenvalue weighted by Gasteiger charge is 2.24. The number of nitrogens with one attached hydrogen (secondary N) is 1. The molecule has 1 N–H and O–H groups in total. The molecule has 4 aromatic rings. The maximum Gasteiger partial charge on any atom is 0.227 e. The number of hydrogen-bond donors (Lipinski definition) is 1. The first-order valence-corrected chi connectivity index (χ1v) is 11.1. The van der Waals surface area contributed by atoms with Crippen LogP contribution in [0.25, 0.3) is 23.1 Å². The fourth-order valence-electron chi connectivity index (χ4n) is 4.21. The quantitative estimate of drug-likeness (QED) is 0.528. The minimum absolute atomic E-state index is 0.319. The monoisotopic (exact) mass is 430 g/mol. The second-order valence-electron chi connectivity index (χ2n) is 8.05. The van der Waals surface area contributed by atoms with Gasteiger partial charge in [-0.25, -0.2) is 15.0 Å². The summed E-state index contributed by atoms with van der Waals surface area (Å²) in [5.41, 5.74) is 4.91. The summed E-state index contributed by atoms with van der Waals surface area (Å²) < 4.78 is 6.14. The maximum absolute atomic E-state index is 6.14. The topological polar surface area (TPSA) is 62.8 Å². The Kier molecular flexibility index (Phi) is 4.92. The van der Waals surface area contributed by atoms with Crippen LogP contribution in [-0.4, -0.2) is 16.7 Å². The second-order valence-corrected chi connectivity index (χ2v) is 8.05. The summed E-state index contributed by atoms with van der Waals surface area (Å²) in [7, 11) is 0. The van der Waals surface area contributed by atoms with Crippen molar-refractivity contribution in [2.75, 3.05) is 0 Å². The number of oxazole rings is 1. The SMILES string of the molecule is C1=c2oc(-c3ccccc3)nc2=C(C2=NC(c3ccccc3)N=C(c3ccccc3)N2)CC1. The number of hydrogen-bond acceptors (Lipinski definition) is 5. The average molecular weight is 431 g/mol. The first-order valence-electron chi connectivity index (χ1n) is 11.1. The molecule has 0 saturated heterocycles. The summed E-state index contributed by atoms with van der Waals surface area (Å²) in [5.74, 6) is 2.24. The molecule has 1 aromatic heterocycles. The van der Waals surface area contributed by atoms with Gasteiger partial charge in [-0.05, 0) is 36.6 Å². The summed E-state index contributed by atoms with van der Waals surface area (Å²) >= 11 is 0. The van der Waals surface area contributed by atoms with Gasteiger partial charge < -0.3 is 9.73 Å². The molecule has 0 saturated carbocycles. The highest BCUT2D eigenvalue weighted by Crippen LogP contribution is 2.25. The molecular weight excluding hydrogens is 408 g/mol. The lowest BCUT2D eigenvalue weighted by Crippen LogP contribution is -2.41. The summed E-state index contributed by atoms with van der Waals surface area (Å²) in [6.45, 7) is 0. The van der Waals surface area contributed by atoms with Crippen LogP contribution in [0.15, 0.2) is 105 Å². The van der Waals surface area contributed by atoms with Gasteiger partial charge in [0.15, 0.2) is 11.6 Å². The van der Waals surface area contributed by atoms with Crippen LogP contribution in [0, 0.1) is 0 Å². The van der Waals surface area contributed by atoms with Crippen LogP contribution in [0.3, 0.4) is 0 Å². The molecule has 1 unspecified atom stereocenters. The Labute approximate surface area is 191 Å². The molecule has 5 heteroatoms. The van der Waals surface area contributed by atoms with Crippen molar-refractivity contribution in [2.45, 2.75) is 19.0 Å². The van der Waals surface area contributed by atoms with Crippen LogP contribution in [-0.2, 0) is 0 Å². The third-order valence-electron chi connectivity index (χ3n) is 5.85. The van der Waals surface area contributed by atoms with E-state index in [0.717, 1.165) is 57.5 Å². The molecule has 1 atom stereocenters. The molecule has 2 heterocycles. The van der Waals surface area contributed by atoms with E-state index in [0.29, 0.717) is 5.89 Å². The van der Waals surface area contributed by atoms with Gasteiger partial charge in [-0.3, -0.25) is 0 Å². The Morgan fingerprint density at radius 1 is 0.727 bits per heavy atom. The van der Waals surface area contributed by atoms with E-state index in [1.165, 1.54) is 0 Å². The molecule has 2 aliphatic rings. The fraction of sp³-hybridized carbons (Fsp3) is 0.107. The highest BCUT2D eigenvalue weighted by molar-refractivity contribution is 6.25. The van der Waals surface area contributed by atoms with Gasteiger partial charge in [0, 0.05) is 16.7 Å². The third-order valence-corrected chi connectivity index (χ3v) is 5.85. The van der Waals surface area contributed by atoms with Crippen LogP contribution in [0.4, 0.5) is 0 Å². The predicted octanol–water partition coefficient (Wildman–Crippen LogP) is 4.21. The van der Waals surface area contributed by atoms with E-state index in [9.17, 15) is 0 Å². The number of aromatic nitrogens is 1. The molecular formula is C28H22N4O. The molecule has 3 aromatic carbocycles. The standard InChI is InChI=1S/C28H22N4O/c1-4-11-19(12-5-1)25-30-26(20-13-6-2-7-14-20)32-27(31-25)22-17-10-18-23-24(22)29-28(33-23)21-15-8-3-9-16-21/h1-9,11-16,18,25H,10,17H2,(H,30,31,32). The van der Waals surface area contributed by atoms with Crippen molar-refractivity contribution in [1.29, 1.82) is 0 Å². The molecule has 0 amide bonds. The van der Waals surface area contributed by atoms with E-state index in [-0.39, 0.29) is 6.17 Å². The Hall–Kier alpha value is -4.25. The zero-order valence-corrected chi connectivity index (χ0v) is 18.0. The van der Waals surface area contributed by atoms with E-state index in [1.54, 1.807) is 0 Å². The van der Waals surface area contributed by atoms with Crippen molar-refractivity contribution in [1.82, 2.24) is 10.3 Å². The van der Waals surface area contributed by atoms with Crippen LogP contribution in [0.5, 0.6) is 0 Å². The molecule has 1 aliphatic heterocycles. The van der Waals surface area contributed by atoms with Gasteiger partial charge >= 0.3 is 0 Å². The zero-order valence-electron chi connectivity index (χ0n) is 18.0. The van der Waals surface area contributed by atoms with Crippen molar-refractivity contribution in [3.8, 4) is 11.5 Å². The number of fused-ring (bicyclic) bond motifs is 1. The number of aliphatic imine (C=N–C) groups is 2. The molecule has 0 bridgehead atoms. The predicted molar refractivity (Wildman–Crippen MR) is 131 cm³/mol. The number of rotatable bonds is 4. The number of benzene rings is 3. The van der Waals surface area contributed by atoms with Gasteiger partial charge in [-0.1, -0.05) is 78.9 Å². The van der Waals surface area contributed by atoms with Gasteiger partial charge in [-0.2, -0.15) is 0 Å². The zero-order chi connectivity index (χ0) is 22.0. The molecule has 0 fully saturated rings. The van der Waals surface area contributed by atoms with E-state index in [2.05, 4.69) is 35.7 Å². The average Bonchev–Trinajstić information content (AvgIpc) is 3.35. The molecule has 33 heavy (non-hydrogen) atoms. The van der Waals surface area contributed by atoms with Crippen molar-refractivity contribution in [2.24, 2.45) is 9.98 Å². The van der Waals surface area contributed by atoms with Crippen LogP contribution >= 0.6 is 0 Å². The van der Waals surface area contributed by atoms with Gasteiger partial charge in [0.05, 0.1) is 0 Å². The van der Waals surface area contributed by atoms with Crippen LogP contribution in [0.2, 0.25) is 0 Å². The second kappa shape index (κ2) is 8.36. The van der Waals surface area contributed by atoms with Crippen molar-refractivity contribution in [3.05, 3.63) is 113 Å². The lowest BCUT2D eigenvalue weighted by molar-refractivity contribution is 0.537. The molecule has 160 valence electrons. The minimum atomic E-state index is -0.319. The smallest absolute Gasteiger partial charge is 0.227 e. The van der Waals surface area contributed by atoms with E-state index >= 15 is 0 Å². The maximum atomic E-state index is 6.14. The van der Waals surface area contributed by atoms with Gasteiger partial charge in [0.2, 0.25) is 5.89 Å². The van der Waals surface area contributed by atoms with E-state index in [4.69, 9.17) is 19.4 Å². The normalized spacial score (nSPS) is 17.3. The molecule has 0 radical (unpaired) electrons. The molecule has 1 aliphatic carbocycles. The minimum Gasteiger partial charge on any atom is -0.436 e. The van der Waals surface area contributed by atoms with Gasteiger partial charge in [0.1, 0.15) is 17.0 Å². The van der Waals surface area contributed by atoms with E-state index in [1.807, 2.05) is 66.7 Å². The molecule has 6 rings (SSSR count). The van der Waals surface area contributed by atoms with Crippen molar-refractivity contribution < 1.29 is 4.42 Å². The highest BCUT2D eigenvalue weighted by atomic mass is 16.3. The number of amidine groups is 2. The van der Waals surface area contributed by atoms with Crippen molar-refractivity contribution >= 4 is 23.3 Å². The van der Waals surface area contributed by atoms with Crippen molar-refractivity contribution in [3.63, 3.8) is 0 Å².